The summed E-state index contributed by atoms with van der Waals surface area (Å²) in [5.41, 5.74) is 0. The Kier molecular flexibility index (Phi) is 3.57. The van der Waals surface area contributed by atoms with E-state index in [-0.39, 0.29) is 11.9 Å². The van der Waals surface area contributed by atoms with E-state index in [9.17, 15) is 9.59 Å². The summed E-state index contributed by atoms with van der Waals surface area (Å²) in [6.45, 7) is 3.73. The highest BCUT2D eigenvalue weighted by Crippen LogP contribution is 2.31. The summed E-state index contributed by atoms with van der Waals surface area (Å²) in [6.07, 6.45) is 4.16. The Morgan fingerprint density at radius 2 is 2.19 bits per heavy atom. The molecule has 7 heteroatoms. The van der Waals surface area contributed by atoms with E-state index in [2.05, 4.69) is 10.4 Å². The van der Waals surface area contributed by atoms with Crippen LogP contribution in [0, 0.1) is 5.92 Å². The van der Waals surface area contributed by atoms with Gasteiger partial charge < -0.3 is 9.80 Å². The van der Waals surface area contributed by atoms with Crippen molar-refractivity contribution >= 4 is 17.8 Å². The molecule has 0 spiro atoms. The molecule has 2 fully saturated rings. The van der Waals surface area contributed by atoms with Crippen LogP contribution in [0.25, 0.3) is 0 Å². The van der Waals surface area contributed by atoms with Crippen LogP contribution in [0.1, 0.15) is 19.8 Å². The zero-order chi connectivity index (χ0) is 15.0. The number of urea groups is 1. The predicted octanol–water partition coefficient (Wildman–Crippen LogP) is 0.987. The number of anilines is 1. The summed E-state index contributed by atoms with van der Waals surface area (Å²) in [7, 11) is 1.76. The minimum absolute atomic E-state index is 0.0251. The molecule has 1 atom stereocenters. The maximum Gasteiger partial charge on any atom is 0.323 e. The van der Waals surface area contributed by atoms with Crippen LogP contribution >= 0.6 is 0 Å². The first-order valence-electron chi connectivity index (χ1n) is 7.40. The van der Waals surface area contributed by atoms with Gasteiger partial charge in [0.2, 0.25) is 5.91 Å². The number of carbonyl (C=O) groups excluding carboxylic acids is 2. The maximum absolute atomic E-state index is 12.4. The van der Waals surface area contributed by atoms with Crippen molar-refractivity contribution in [2.24, 2.45) is 5.92 Å². The summed E-state index contributed by atoms with van der Waals surface area (Å²) in [6, 6.07) is 1.13. The monoisotopic (exact) mass is 291 g/mol. The lowest BCUT2D eigenvalue weighted by Gasteiger charge is -2.37. The third-order valence-corrected chi connectivity index (χ3v) is 4.22. The third-order valence-electron chi connectivity index (χ3n) is 4.22. The summed E-state index contributed by atoms with van der Waals surface area (Å²) >= 11 is 0. The van der Waals surface area contributed by atoms with E-state index < -0.39 is 6.04 Å². The second-order valence-electron chi connectivity index (χ2n) is 5.90. The topological polar surface area (TPSA) is 70.5 Å². The highest BCUT2D eigenvalue weighted by Gasteiger charge is 2.33. The quantitative estimate of drug-likeness (QED) is 0.902. The van der Waals surface area contributed by atoms with Gasteiger partial charge in [-0.1, -0.05) is 0 Å². The fourth-order valence-electron chi connectivity index (χ4n) is 2.60. The number of aromatic nitrogens is 2. The van der Waals surface area contributed by atoms with Gasteiger partial charge in [0, 0.05) is 32.7 Å². The normalized spacial score (nSPS) is 22.6. The Morgan fingerprint density at radius 1 is 1.43 bits per heavy atom. The molecule has 1 aromatic heterocycles. The molecule has 0 bridgehead atoms. The molecule has 3 rings (SSSR count). The van der Waals surface area contributed by atoms with E-state index in [0.29, 0.717) is 24.8 Å². The van der Waals surface area contributed by atoms with Crippen molar-refractivity contribution in [2.75, 3.05) is 25.5 Å². The molecule has 1 N–H and O–H groups in total. The summed E-state index contributed by atoms with van der Waals surface area (Å²) in [5, 5.41) is 7.12. The molecule has 1 saturated heterocycles. The Bertz CT molecular complexity index is 551. The molecule has 0 radical (unpaired) electrons. The Hall–Kier alpha value is -2.05. The average Bonchev–Trinajstić information content (AvgIpc) is 3.17. The zero-order valence-electron chi connectivity index (χ0n) is 12.5. The van der Waals surface area contributed by atoms with Crippen LogP contribution < -0.4 is 5.32 Å². The van der Waals surface area contributed by atoms with Gasteiger partial charge in [-0.25, -0.2) is 9.48 Å². The molecule has 0 aromatic carbocycles. The highest BCUT2D eigenvalue weighted by atomic mass is 16.2. The van der Waals surface area contributed by atoms with E-state index in [1.807, 2.05) is 4.68 Å². The molecule has 2 aliphatic rings. The van der Waals surface area contributed by atoms with Gasteiger partial charge in [-0.05, 0) is 25.7 Å². The number of hydrogen-bond acceptors (Lipinski definition) is 3. The number of carbonyl (C=O) groups is 2. The van der Waals surface area contributed by atoms with Crippen molar-refractivity contribution < 1.29 is 9.59 Å². The van der Waals surface area contributed by atoms with Gasteiger partial charge in [0.1, 0.15) is 11.9 Å². The summed E-state index contributed by atoms with van der Waals surface area (Å²) in [5.74, 6) is 1.36. The van der Waals surface area contributed by atoms with Gasteiger partial charge in [0.25, 0.3) is 0 Å². The molecule has 114 valence electrons. The van der Waals surface area contributed by atoms with Crippen molar-refractivity contribution in [3.63, 3.8) is 0 Å². The maximum atomic E-state index is 12.4. The molecule has 3 amide bonds. The van der Waals surface area contributed by atoms with Crippen LogP contribution in [-0.4, -0.2) is 57.7 Å². The van der Waals surface area contributed by atoms with Gasteiger partial charge in [-0.3, -0.25) is 10.1 Å². The first kappa shape index (κ1) is 13.9. The Balaban J connectivity index is 1.65. The zero-order valence-corrected chi connectivity index (χ0v) is 12.5. The number of piperazine rings is 1. The second kappa shape index (κ2) is 5.38. The number of nitrogens with zero attached hydrogens (tertiary/aromatic N) is 4. The predicted molar refractivity (Wildman–Crippen MR) is 77.8 cm³/mol. The van der Waals surface area contributed by atoms with Crippen molar-refractivity contribution in [3.05, 3.63) is 12.3 Å². The number of likely N-dealkylation sites (N-methyl/N-ethyl adjacent to an activating group) is 1. The standard InChI is InChI=1S/C14H21N5O2/c1-10-13(20)17(2)7-8-18(10)14(21)16-12-5-6-15-19(12)9-11-3-4-11/h5-6,10-11H,3-4,7-9H2,1-2H3,(H,16,21)/t10-/m0/s1. The number of nitrogens with one attached hydrogen (secondary N) is 1. The fourth-order valence-corrected chi connectivity index (χ4v) is 2.60. The van der Waals surface area contributed by atoms with Crippen LogP contribution in [0.5, 0.6) is 0 Å². The van der Waals surface area contributed by atoms with Gasteiger partial charge >= 0.3 is 6.03 Å². The number of hydrogen-bond donors (Lipinski definition) is 1. The minimum atomic E-state index is -0.427. The van der Waals surface area contributed by atoms with Crippen molar-refractivity contribution in [3.8, 4) is 0 Å². The van der Waals surface area contributed by atoms with E-state index in [4.69, 9.17) is 0 Å². The minimum Gasteiger partial charge on any atom is -0.342 e. The first-order valence-corrected chi connectivity index (χ1v) is 7.40. The molecule has 1 aromatic rings. The van der Waals surface area contributed by atoms with Crippen molar-refractivity contribution in [1.82, 2.24) is 19.6 Å². The van der Waals surface area contributed by atoms with Crippen molar-refractivity contribution in [1.29, 1.82) is 0 Å². The Morgan fingerprint density at radius 3 is 2.90 bits per heavy atom. The third kappa shape index (κ3) is 2.86. The highest BCUT2D eigenvalue weighted by molar-refractivity contribution is 5.93. The smallest absolute Gasteiger partial charge is 0.323 e. The largest absolute Gasteiger partial charge is 0.342 e. The van der Waals surface area contributed by atoms with Crippen LogP contribution in [-0.2, 0) is 11.3 Å². The molecule has 2 heterocycles. The fraction of sp³-hybridized carbons (Fsp3) is 0.643. The molecule has 1 aliphatic heterocycles. The van der Waals surface area contributed by atoms with E-state index in [1.165, 1.54) is 12.8 Å². The lowest BCUT2D eigenvalue weighted by atomic mass is 10.2. The molecular weight excluding hydrogens is 270 g/mol. The molecule has 0 unspecified atom stereocenters. The molecule has 7 nitrogen and oxygen atoms in total. The molecule has 1 saturated carbocycles. The van der Waals surface area contributed by atoms with Crippen LogP contribution in [0.2, 0.25) is 0 Å². The summed E-state index contributed by atoms with van der Waals surface area (Å²) < 4.78 is 1.83. The number of rotatable bonds is 3. The van der Waals surface area contributed by atoms with Crippen molar-refractivity contribution in [2.45, 2.75) is 32.4 Å². The average molecular weight is 291 g/mol. The Labute approximate surface area is 123 Å². The van der Waals surface area contributed by atoms with Gasteiger partial charge in [0.05, 0.1) is 6.20 Å². The molecule has 1 aliphatic carbocycles. The molecular formula is C14H21N5O2. The summed E-state index contributed by atoms with van der Waals surface area (Å²) in [4.78, 5) is 27.6. The van der Waals surface area contributed by atoms with E-state index >= 15 is 0 Å². The van der Waals surface area contributed by atoms with Crippen LogP contribution in [0.15, 0.2) is 12.3 Å². The van der Waals surface area contributed by atoms with E-state index in [0.717, 1.165) is 6.54 Å². The van der Waals surface area contributed by atoms with E-state index in [1.54, 1.807) is 36.0 Å². The second-order valence-corrected chi connectivity index (χ2v) is 5.90. The first-order chi connectivity index (χ1) is 10.1. The van der Waals surface area contributed by atoms with Gasteiger partial charge in [-0.2, -0.15) is 5.10 Å². The lowest BCUT2D eigenvalue weighted by molar-refractivity contribution is -0.137. The van der Waals surface area contributed by atoms with Crippen LogP contribution in [0.4, 0.5) is 10.6 Å². The lowest BCUT2D eigenvalue weighted by Crippen LogP contribution is -2.57. The van der Waals surface area contributed by atoms with Gasteiger partial charge in [-0.15, -0.1) is 0 Å². The van der Waals surface area contributed by atoms with Crippen LogP contribution in [0.3, 0.4) is 0 Å². The SMILES string of the molecule is C[C@H]1C(=O)N(C)CCN1C(=O)Nc1ccnn1CC1CC1. The number of amides is 3. The molecule has 21 heavy (non-hydrogen) atoms. The van der Waals surface area contributed by atoms with Gasteiger partial charge in [0.15, 0.2) is 0 Å².